The molecule has 376 valence electrons. The number of ether oxygens (including phenoxy) is 3. The molecule has 3 aromatic rings. The number of nitrogens with zero attached hydrogens (tertiary/aromatic N) is 3. The molecule has 11 atom stereocenters. The van der Waals surface area contributed by atoms with E-state index >= 15 is 0 Å². The van der Waals surface area contributed by atoms with Crippen LogP contribution in [0.1, 0.15) is 83.7 Å². The molecular formula is C60H75N3O7Si. The van der Waals surface area contributed by atoms with Crippen molar-refractivity contribution < 1.29 is 33.3 Å². The van der Waals surface area contributed by atoms with E-state index in [1.54, 1.807) is 39.1 Å². The van der Waals surface area contributed by atoms with Crippen LogP contribution in [0.15, 0.2) is 84.2 Å². The van der Waals surface area contributed by atoms with Gasteiger partial charge in [-0.2, -0.15) is 0 Å². The van der Waals surface area contributed by atoms with Crippen LogP contribution in [0.25, 0.3) is 0 Å². The smallest absolute Gasteiger partial charge is 0.216 e. The molecular weight excluding hydrogens is 903 g/mol. The Morgan fingerprint density at radius 3 is 1.89 bits per heavy atom. The maximum absolute atomic E-state index is 12.6. The zero-order valence-electron chi connectivity index (χ0n) is 44.1. The number of piperidine rings is 2. The third-order valence-electron chi connectivity index (χ3n) is 19.9. The second-order valence-corrected chi connectivity index (χ2v) is 22.9. The highest BCUT2D eigenvalue weighted by atomic mass is 28.2. The number of hydrogen-bond donors (Lipinski definition) is 1. The van der Waals surface area contributed by atoms with E-state index in [4.69, 9.17) is 18.6 Å². The molecule has 71 heavy (non-hydrogen) atoms. The lowest BCUT2D eigenvalue weighted by Gasteiger charge is -2.63. The maximum atomic E-state index is 12.6. The van der Waals surface area contributed by atoms with E-state index in [2.05, 4.69) is 125 Å². The number of hydrogen-bond acceptors (Lipinski definition) is 10. The van der Waals surface area contributed by atoms with Crippen molar-refractivity contribution in [1.82, 2.24) is 14.7 Å². The van der Waals surface area contributed by atoms with Crippen LogP contribution in [-0.4, -0.2) is 133 Å². The molecule has 3 fully saturated rings. The lowest BCUT2D eigenvalue weighted by Crippen LogP contribution is -2.73. The monoisotopic (exact) mass is 978 g/mol. The summed E-state index contributed by atoms with van der Waals surface area (Å²) in [6.07, 6.45) is 20.6. The van der Waals surface area contributed by atoms with Gasteiger partial charge in [0.2, 0.25) is 9.38 Å². The number of carbonyl (C=O) groups is 2. The second-order valence-electron chi connectivity index (χ2n) is 22.3. The molecule has 0 amide bonds. The molecule has 0 aromatic heterocycles. The van der Waals surface area contributed by atoms with Gasteiger partial charge in [0.25, 0.3) is 0 Å². The first-order valence-electron chi connectivity index (χ1n) is 25.9. The lowest BCUT2D eigenvalue weighted by atomic mass is 9.47. The number of likely N-dealkylation sites (tertiary alicyclic amines) is 3. The van der Waals surface area contributed by atoms with E-state index in [0.29, 0.717) is 23.9 Å². The molecule has 6 bridgehead atoms. The summed E-state index contributed by atoms with van der Waals surface area (Å²) in [7, 11) is 11.5. The first-order chi connectivity index (χ1) is 33.9. The normalized spacial score (nSPS) is 34.7. The van der Waals surface area contributed by atoms with Crippen molar-refractivity contribution in [3.8, 4) is 17.2 Å². The van der Waals surface area contributed by atoms with Gasteiger partial charge in [0, 0.05) is 64.6 Å². The van der Waals surface area contributed by atoms with Crippen molar-refractivity contribution in [2.45, 2.75) is 114 Å². The van der Waals surface area contributed by atoms with E-state index in [9.17, 15) is 14.7 Å². The van der Waals surface area contributed by atoms with Gasteiger partial charge in [-0.15, -0.1) is 0 Å². The molecule has 11 heteroatoms. The summed E-state index contributed by atoms with van der Waals surface area (Å²) in [6.45, 7) is 15.8. The van der Waals surface area contributed by atoms with Crippen LogP contribution in [-0.2, 0) is 49.5 Å². The van der Waals surface area contributed by atoms with Crippen LogP contribution < -0.4 is 14.2 Å². The molecule has 3 heterocycles. The topological polar surface area (TPSA) is 101 Å². The number of likely N-dealkylation sites (N-methyl/N-ethyl adjacent to an activating group) is 3. The number of methoxy groups -OCH3 is 3. The highest BCUT2D eigenvalue weighted by molar-refractivity contribution is 6.34. The van der Waals surface area contributed by atoms with E-state index < -0.39 is 11.0 Å². The highest BCUT2D eigenvalue weighted by Gasteiger charge is 2.66. The Kier molecular flexibility index (Phi) is 12.5. The summed E-state index contributed by atoms with van der Waals surface area (Å²) in [6, 6.07) is 13.8. The van der Waals surface area contributed by atoms with Gasteiger partial charge in [-0.1, -0.05) is 57.3 Å². The van der Waals surface area contributed by atoms with Crippen LogP contribution in [0.4, 0.5) is 0 Å². The fourth-order valence-electron chi connectivity index (χ4n) is 16.3. The quantitative estimate of drug-likeness (QED) is 0.263. The first kappa shape index (κ1) is 49.7. The number of rotatable bonds is 5. The molecule has 0 spiro atoms. The van der Waals surface area contributed by atoms with Crippen LogP contribution in [0.3, 0.4) is 0 Å². The zero-order chi connectivity index (χ0) is 50.7. The number of fused-ring (bicyclic) bond motifs is 3. The van der Waals surface area contributed by atoms with Crippen molar-refractivity contribution >= 4 is 27.1 Å². The van der Waals surface area contributed by atoms with Gasteiger partial charge >= 0.3 is 0 Å². The minimum atomic E-state index is -1.02. The molecule has 3 saturated heterocycles. The van der Waals surface area contributed by atoms with Gasteiger partial charge < -0.3 is 28.6 Å². The van der Waals surface area contributed by atoms with Crippen LogP contribution in [0, 0.1) is 44.4 Å². The summed E-state index contributed by atoms with van der Waals surface area (Å²) >= 11 is 0. The summed E-state index contributed by atoms with van der Waals surface area (Å²) in [5.74, 6) is 4.79. The summed E-state index contributed by atoms with van der Waals surface area (Å²) < 4.78 is 22.8. The molecule has 8 unspecified atom stereocenters. The van der Waals surface area contributed by atoms with E-state index in [1.807, 2.05) is 19.1 Å². The SMILES string of the molecule is C=[SiH]OC1=CC=C2C3Cc4ccc(OC)c(C)c4[C@@]2(CN3C)C1C.COc1ccc2c(c1C)[C@]13CCN(C)C(C2)C1(O)C=CC(=O)C3C.COc1ccc2c(c1C)[C@]13CCN(C)C(C2)C1C=CC(=O)C3C. The fraction of sp³-hybridized carbons (Fsp3) is 0.517. The van der Waals surface area contributed by atoms with E-state index in [1.165, 1.54) is 38.9 Å². The molecule has 9 aliphatic rings. The second kappa shape index (κ2) is 17.9. The van der Waals surface area contributed by atoms with Crippen molar-refractivity contribution in [2.75, 3.05) is 62.1 Å². The average Bonchev–Trinajstić information content (AvgIpc) is 3.56. The third-order valence-corrected chi connectivity index (χ3v) is 20.3. The average molecular weight is 978 g/mol. The van der Waals surface area contributed by atoms with Gasteiger partial charge in [-0.3, -0.25) is 19.4 Å². The van der Waals surface area contributed by atoms with Gasteiger partial charge in [0.1, 0.15) is 22.8 Å². The number of benzene rings is 3. The third kappa shape index (κ3) is 6.81. The Morgan fingerprint density at radius 2 is 1.25 bits per heavy atom. The largest absolute Gasteiger partial charge is 0.523 e. The van der Waals surface area contributed by atoms with Gasteiger partial charge in [0.15, 0.2) is 11.6 Å². The van der Waals surface area contributed by atoms with Crippen molar-refractivity contribution in [2.24, 2.45) is 23.7 Å². The minimum Gasteiger partial charge on any atom is -0.523 e. The summed E-state index contributed by atoms with van der Waals surface area (Å²) in [4.78, 5) is 32.4. The molecule has 3 aromatic carbocycles. The highest BCUT2D eigenvalue weighted by Crippen LogP contribution is 2.61. The zero-order valence-corrected chi connectivity index (χ0v) is 45.3. The number of ketones is 2. The minimum absolute atomic E-state index is 0.00153. The van der Waals surface area contributed by atoms with Crippen LogP contribution >= 0.6 is 0 Å². The number of allylic oxidation sites excluding steroid dienone is 5. The Bertz CT molecular complexity index is 2850. The van der Waals surface area contributed by atoms with E-state index in [0.717, 1.165) is 85.9 Å². The van der Waals surface area contributed by atoms with Crippen molar-refractivity contribution in [3.63, 3.8) is 0 Å². The molecule has 0 radical (unpaired) electrons. The van der Waals surface area contributed by atoms with Crippen LogP contribution in [0.5, 0.6) is 17.2 Å². The lowest BCUT2D eigenvalue weighted by molar-refractivity contribution is -0.148. The van der Waals surface area contributed by atoms with Gasteiger partial charge in [0.05, 0.1) is 27.1 Å². The predicted molar refractivity (Wildman–Crippen MR) is 284 cm³/mol. The standard InChI is InChI=1S/C20H25NO3.C20H25NO2Si.C20H25NO2/c1-12-16(24-4)6-5-14-11-17-20(23)8-7-15(22)13(2)19(20,18(12)14)9-10-21(17)3;1-12-17(22-4)8-6-14-10-16-15-7-9-18(23-24-5)13(2)20(15,19(12)14)11-21(16)3;1-12-18(23-4)8-5-14-11-16-15-6-7-17(22)13(2)20(15,19(12)14)9-10-21(16)3/h5-8,13,17,23H,9-11H2,1-4H3;6-9,13,16,24H,5,10-11H2,1-4H3;5-8,13,15-16H,9-11H2,1-4H3/t13?,17?,19-,20?;13?,16?,20-;13?,15?,16?,20-/m100/s1. The van der Waals surface area contributed by atoms with Gasteiger partial charge in [-0.25, -0.2) is 0 Å². The van der Waals surface area contributed by atoms with Crippen molar-refractivity contribution in [3.05, 3.63) is 134 Å². The maximum Gasteiger partial charge on any atom is 0.216 e. The molecule has 10 nitrogen and oxygen atoms in total. The molecule has 6 aliphatic carbocycles. The Labute approximate surface area is 424 Å². The van der Waals surface area contributed by atoms with Crippen LogP contribution in [0.2, 0.25) is 0 Å². The van der Waals surface area contributed by atoms with E-state index in [-0.39, 0.29) is 49.6 Å². The Morgan fingerprint density at radius 1 is 0.676 bits per heavy atom. The number of carbonyl (C=O) groups excluding carboxylic acids is 2. The first-order valence-corrected chi connectivity index (χ1v) is 27.2. The molecule has 12 rings (SSSR count). The summed E-state index contributed by atoms with van der Waals surface area (Å²) in [5.41, 5.74) is 11.6. The van der Waals surface area contributed by atoms with Gasteiger partial charge in [-0.05, 0) is 185 Å². The number of aliphatic hydroxyl groups is 1. The Hall–Kier alpha value is -4.91. The predicted octanol–water partition coefficient (Wildman–Crippen LogP) is 7.27. The summed E-state index contributed by atoms with van der Waals surface area (Å²) in [5, 5.41) is 11.8. The Balaban J connectivity index is 0.000000123. The fourth-order valence-corrected chi connectivity index (χ4v) is 16.8. The van der Waals surface area contributed by atoms with Crippen molar-refractivity contribution in [1.29, 1.82) is 0 Å². The molecule has 1 N–H and O–H groups in total. The molecule has 3 aliphatic heterocycles. The molecule has 0 saturated carbocycles.